The van der Waals surface area contributed by atoms with E-state index in [9.17, 15) is 13.2 Å². The van der Waals surface area contributed by atoms with Gasteiger partial charge in [0.05, 0.1) is 10.6 Å². The number of benzene rings is 3. The molecule has 3 aromatic rings. The first-order valence-electron chi connectivity index (χ1n) is 9.72. The molecule has 5 heteroatoms. The molecule has 0 saturated carbocycles. The Kier molecular flexibility index (Phi) is 6.83. The molecule has 0 heterocycles. The van der Waals surface area contributed by atoms with Crippen LogP contribution in [0.4, 0.5) is 0 Å². The minimum absolute atomic E-state index is 0.0406. The van der Waals surface area contributed by atoms with Crippen molar-refractivity contribution >= 4 is 15.7 Å². The zero-order chi connectivity index (χ0) is 20.7. The zero-order valence-electron chi connectivity index (χ0n) is 16.4. The van der Waals surface area contributed by atoms with Crippen LogP contribution in [0.25, 0.3) is 0 Å². The lowest BCUT2D eigenvalue weighted by molar-refractivity contribution is 0.0952. The second-order valence-electron chi connectivity index (χ2n) is 6.85. The van der Waals surface area contributed by atoms with Crippen molar-refractivity contribution in [2.45, 2.75) is 24.2 Å². The van der Waals surface area contributed by atoms with Crippen LogP contribution in [0.3, 0.4) is 0 Å². The van der Waals surface area contributed by atoms with Crippen LogP contribution in [0.2, 0.25) is 0 Å². The molecule has 150 valence electrons. The van der Waals surface area contributed by atoms with Gasteiger partial charge in [0.15, 0.2) is 9.84 Å². The van der Waals surface area contributed by atoms with Crippen LogP contribution in [-0.4, -0.2) is 26.6 Å². The summed E-state index contributed by atoms with van der Waals surface area (Å²) in [5, 5.41) is 2.95. The van der Waals surface area contributed by atoms with Gasteiger partial charge in [-0.2, -0.15) is 0 Å². The third-order valence-electron chi connectivity index (χ3n) is 4.98. The summed E-state index contributed by atoms with van der Waals surface area (Å²) < 4.78 is 23.8. The van der Waals surface area contributed by atoms with E-state index in [-0.39, 0.29) is 22.5 Å². The molecule has 3 aromatic carbocycles. The summed E-state index contributed by atoms with van der Waals surface area (Å²) in [5.41, 5.74) is 2.88. The molecule has 0 bridgehead atoms. The van der Waals surface area contributed by atoms with Crippen molar-refractivity contribution in [3.63, 3.8) is 0 Å². The van der Waals surface area contributed by atoms with E-state index in [1.54, 1.807) is 19.1 Å². The van der Waals surface area contributed by atoms with Gasteiger partial charge in [-0.1, -0.05) is 67.6 Å². The first-order chi connectivity index (χ1) is 14.0. The maximum Gasteiger partial charge on any atom is 0.251 e. The van der Waals surface area contributed by atoms with E-state index in [4.69, 9.17) is 0 Å². The van der Waals surface area contributed by atoms with Crippen LogP contribution in [-0.2, 0) is 9.84 Å². The third-order valence-corrected chi connectivity index (χ3v) is 6.73. The number of sulfone groups is 1. The van der Waals surface area contributed by atoms with Gasteiger partial charge in [0.1, 0.15) is 0 Å². The second kappa shape index (κ2) is 9.52. The monoisotopic (exact) mass is 407 g/mol. The van der Waals surface area contributed by atoms with E-state index in [0.717, 1.165) is 6.42 Å². The Morgan fingerprint density at radius 3 is 1.83 bits per heavy atom. The maximum absolute atomic E-state index is 12.5. The number of rotatable bonds is 8. The Hall–Kier alpha value is -2.92. The highest BCUT2D eigenvalue weighted by Crippen LogP contribution is 2.27. The minimum atomic E-state index is -3.26. The number of hydrogen-bond acceptors (Lipinski definition) is 3. The van der Waals surface area contributed by atoms with Crippen molar-refractivity contribution in [2.75, 3.05) is 12.3 Å². The number of carbonyl (C=O) groups is 1. The molecule has 0 saturated heterocycles. The molecule has 1 N–H and O–H groups in total. The summed E-state index contributed by atoms with van der Waals surface area (Å²) in [7, 11) is -3.26. The fourth-order valence-electron chi connectivity index (χ4n) is 3.31. The van der Waals surface area contributed by atoms with E-state index < -0.39 is 9.84 Å². The Labute approximate surface area is 172 Å². The summed E-state index contributed by atoms with van der Waals surface area (Å²) in [6.07, 6.45) is 0.766. The molecular weight excluding hydrogens is 382 g/mol. The maximum atomic E-state index is 12.5. The molecular formula is C24H25NO3S. The van der Waals surface area contributed by atoms with Gasteiger partial charge in [-0.3, -0.25) is 4.79 Å². The molecule has 0 aliphatic rings. The predicted octanol–water partition coefficient (Wildman–Crippen LogP) is 4.43. The zero-order valence-corrected chi connectivity index (χ0v) is 17.2. The van der Waals surface area contributed by atoms with Crippen LogP contribution < -0.4 is 5.32 Å². The standard InChI is InChI=1S/C24H25NO3S/c1-2-29(27,28)22-15-13-21(14-16-22)24(26)25-18-17-23(19-9-5-3-6-10-19)20-11-7-4-8-12-20/h3-16,23H,2,17-18H2,1H3,(H,25,26). The Morgan fingerprint density at radius 1 is 0.828 bits per heavy atom. The van der Waals surface area contributed by atoms with Crippen molar-refractivity contribution in [1.29, 1.82) is 0 Å². The molecule has 0 aliphatic carbocycles. The average molecular weight is 408 g/mol. The molecule has 0 aromatic heterocycles. The van der Waals surface area contributed by atoms with Crippen molar-refractivity contribution < 1.29 is 13.2 Å². The Bertz CT molecular complexity index is 991. The van der Waals surface area contributed by atoms with Gasteiger partial charge in [0, 0.05) is 18.0 Å². The number of amides is 1. The quantitative estimate of drug-likeness (QED) is 0.601. The second-order valence-corrected chi connectivity index (χ2v) is 9.12. The SMILES string of the molecule is CCS(=O)(=O)c1ccc(C(=O)NCCC(c2ccccc2)c2ccccc2)cc1. The van der Waals surface area contributed by atoms with Gasteiger partial charge in [-0.25, -0.2) is 8.42 Å². The van der Waals surface area contributed by atoms with Gasteiger partial charge in [0.25, 0.3) is 5.91 Å². The van der Waals surface area contributed by atoms with Crippen molar-refractivity contribution in [2.24, 2.45) is 0 Å². The highest BCUT2D eigenvalue weighted by Gasteiger charge is 2.15. The van der Waals surface area contributed by atoms with Crippen LogP contribution in [0.1, 0.15) is 40.7 Å². The highest BCUT2D eigenvalue weighted by molar-refractivity contribution is 7.91. The van der Waals surface area contributed by atoms with Crippen molar-refractivity contribution in [1.82, 2.24) is 5.32 Å². The molecule has 0 fully saturated rings. The summed E-state index contributed by atoms with van der Waals surface area (Å²) in [6.45, 7) is 2.12. The molecule has 29 heavy (non-hydrogen) atoms. The van der Waals surface area contributed by atoms with E-state index in [1.807, 2.05) is 36.4 Å². The first-order valence-corrected chi connectivity index (χ1v) is 11.4. The van der Waals surface area contributed by atoms with Gasteiger partial charge in [-0.15, -0.1) is 0 Å². The number of nitrogens with one attached hydrogen (secondary N) is 1. The van der Waals surface area contributed by atoms with Crippen molar-refractivity contribution in [3.8, 4) is 0 Å². The molecule has 1 amide bonds. The Morgan fingerprint density at radius 2 is 1.34 bits per heavy atom. The fraction of sp³-hybridized carbons (Fsp3) is 0.208. The van der Waals surface area contributed by atoms with Crippen LogP contribution in [0, 0.1) is 0 Å². The van der Waals surface area contributed by atoms with Gasteiger partial charge < -0.3 is 5.32 Å². The molecule has 0 atom stereocenters. The molecule has 0 spiro atoms. The summed E-state index contributed by atoms with van der Waals surface area (Å²) in [6, 6.07) is 26.6. The fourth-order valence-corrected chi connectivity index (χ4v) is 4.19. The van der Waals surface area contributed by atoms with Crippen molar-refractivity contribution in [3.05, 3.63) is 102 Å². The molecule has 4 nitrogen and oxygen atoms in total. The van der Waals surface area contributed by atoms with Crippen LogP contribution in [0.15, 0.2) is 89.8 Å². The molecule has 0 radical (unpaired) electrons. The van der Waals surface area contributed by atoms with E-state index in [0.29, 0.717) is 12.1 Å². The first kappa shape index (κ1) is 20.8. The third kappa shape index (κ3) is 5.33. The normalized spacial score (nSPS) is 11.4. The predicted molar refractivity (Wildman–Crippen MR) is 116 cm³/mol. The average Bonchev–Trinajstić information content (AvgIpc) is 2.78. The van der Waals surface area contributed by atoms with Gasteiger partial charge in [-0.05, 0) is 41.8 Å². The smallest absolute Gasteiger partial charge is 0.251 e. The van der Waals surface area contributed by atoms with Gasteiger partial charge in [0.2, 0.25) is 0 Å². The minimum Gasteiger partial charge on any atom is -0.352 e. The van der Waals surface area contributed by atoms with Crippen LogP contribution in [0.5, 0.6) is 0 Å². The molecule has 3 rings (SSSR count). The lowest BCUT2D eigenvalue weighted by Crippen LogP contribution is -2.26. The van der Waals surface area contributed by atoms with Crippen LogP contribution >= 0.6 is 0 Å². The van der Waals surface area contributed by atoms with E-state index in [2.05, 4.69) is 29.6 Å². The lowest BCUT2D eigenvalue weighted by Gasteiger charge is -2.18. The summed E-state index contributed by atoms with van der Waals surface area (Å²) in [4.78, 5) is 12.7. The molecule has 0 unspecified atom stereocenters. The van der Waals surface area contributed by atoms with Gasteiger partial charge >= 0.3 is 0 Å². The van der Waals surface area contributed by atoms with E-state index in [1.165, 1.54) is 23.3 Å². The van der Waals surface area contributed by atoms with E-state index >= 15 is 0 Å². The highest BCUT2D eigenvalue weighted by atomic mass is 32.2. The topological polar surface area (TPSA) is 63.2 Å². The summed E-state index contributed by atoms with van der Waals surface area (Å²) in [5.74, 6) is 0.0268. The number of carbonyl (C=O) groups excluding carboxylic acids is 1. The largest absolute Gasteiger partial charge is 0.352 e. The Balaban J connectivity index is 1.66. The lowest BCUT2D eigenvalue weighted by atomic mass is 9.88. The number of hydrogen-bond donors (Lipinski definition) is 1. The summed E-state index contributed by atoms with van der Waals surface area (Å²) >= 11 is 0. The molecule has 0 aliphatic heterocycles.